The molecule has 2 rings (SSSR count). The summed E-state index contributed by atoms with van der Waals surface area (Å²) in [5.41, 5.74) is 0.681. The average Bonchev–Trinajstić information content (AvgIpc) is 2.69. The molecule has 0 radical (unpaired) electrons. The molecule has 0 spiro atoms. The van der Waals surface area contributed by atoms with Gasteiger partial charge in [-0.1, -0.05) is 6.92 Å². The van der Waals surface area contributed by atoms with Gasteiger partial charge < -0.3 is 10.2 Å². The number of amides is 1. The molecule has 98 valence electrons. The van der Waals surface area contributed by atoms with Gasteiger partial charge in [-0.2, -0.15) is 0 Å². The second-order valence-electron chi connectivity index (χ2n) is 5.08. The lowest BCUT2D eigenvalue weighted by atomic mass is 10.1. The highest BCUT2D eigenvalue weighted by Crippen LogP contribution is 2.25. The first kappa shape index (κ1) is 12.9. The van der Waals surface area contributed by atoms with Gasteiger partial charge in [0.15, 0.2) is 0 Å². The average molecular weight is 247 g/mol. The number of aromatic nitrogens is 1. The van der Waals surface area contributed by atoms with E-state index >= 15 is 0 Å². The van der Waals surface area contributed by atoms with Crippen LogP contribution in [0.5, 0.6) is 0 Å². The summed E-state index contributed by atoms with van der Waals surface area (Å²) >= 11 is 0. The number of carbonyl (C=O) groups is 1. The molecule has 1 amide bonds. The second kappa shape index (κ2) is 5.38. The van der Waals surface area contributed by atoms with Crippen LogP contribution < -0.4 is 5.32 Å². The van der Waals surface area contributed by atoms with Gasteiger partial charge in [0.2, 0.25) is 0 Å². The molecule has 0 aromatic carbocycles. The van der Waals surface area contributed by atoms with E-state index in [9.17, 15) is 4.79 Å². The molecule has 2 atom stereocenters. The van der Waals surface area contributed by atoms with Crippen LogP contribution in [0.1, 0.15) is 37.6 Å². The van der Waals surface area contributed by atoms with E-state index in [4.69, 9.17) is 0 Å². The van der Waals surface area contributed by atoms with Crippen molar-refractivity contribution < 1.29 is 4.79 Å². The standard InChI is InChI=1S/C14H21N3O/c1-4-15-13-12(6-5-7-16-13)14(18)17-9-10(2)8-11(17)3/h5-7,10-11H,4,8-9H2,1-3H3,(H,15,16). The minimum Gasteiger partial charge on any atom is -0.370 e. The van der Waals surface area contributed by atoms with E-state index < -0.39 is 0 Å². The van der Waals surface area contributed by atoms with Crippen LogP contribution in [-0.4, -0.2) is 34.9 Å². The molecule has 1 aliphatic rings. The predicted molar refractivity (Wildman–Crippen MR) is 72.7 cm³/mol. The topological polar surface area (TPSA) is 45.2 Å². The van der Waals surface area contributed by atoms with Crippen LogP contribution in [0.25, 0.3) is 0 Å². The van der Waals surface area contributed by atoms with Gasteiger partial charge in [-0.05, 0) is 38.3 Å². The highest BCUT2D eigenvalue weighted by molar-refractivity contribution is 5.99. The van der Waals surface area contributed by atoms with E-state index in [1.54, 1.807) is 6.20 Å². The molecule has 0 bridgehead atoms. The zero-order valence-corrected chi connectivity index (χ0v) is 11.3. The van der Waals surface area contributed by atoms with E-state index in [0.717, 1.165) is 19.5 Å². The van der Waals surface area contributed by atoms with Crippen LogP contribution in [0.15, 0.2) is 18.3 Å². The summed E-state index contributed by atoms with van der Waals surface area (Å²) in [7, 11) is 0. The van der Waals surface area contributed by atoms with Crippen molar-refractivity contribution in [1.29, 1.82) is 0 Å². The normalized spacial score (nSPS) is 23.2. The Morgan fingerprint density at radius 1 is 1.56 bits per heavy atom. The fraction of sp³-hybridized carbons (Fsp3) is 0.571. The Hall–Kier alpha value is -1.58. The molecule has 1 aliphatic heterocycles. The molecule has 4 nitrogen and oxygen atoms in total. The molecule has 1 aromatic heterocycles. The Morgan fingerprint density at radius 3 is 2.94 bits per heavy atom. The summed E-state index contributed by atoms with van der Waals surface area (Å²) in [6.07, 6.45) is 2.80. The van der Waals surface area contributed by atoms with Crippen LogP contribution in [0.2, 0.25) is 0 Å². The van der Waals surface area contributed by atoms with Crippen molar-refractivity contribution in [2.24, 2.45) is 5.92 Å². The summed E-state index contributed by atoms with van der Waals surface area (Å²) in [4.78, 5) is 18.8. The van der Waals surface area contributed by atoms with Gasteiger partial charge in [0.25, 0.3) is 5.91 Å². The van der Waals surface area contributed by atoms with Gasteiger partial charge >= 0.3 is 0 Å². The zero-order valence-electron chi connectivity index (χ0n) is 11.3. The smallest absolute Gasteiger partial charge is 0.257 e. The third-order valence-electron chi connectivity index (χ3n) is 3.43. The molecular formula is C14H21N3O. The number of pyridine rings is 1. The molecule has 1 aromatic rings. The van der Waals surface area contributed by atoms with Crippen LogP contribution in [0.3, 0.4) is 0 Å². The van der Waals surface area contributed by atoms with Gasteiger partial charge in [0.1, 0.15) is 5.82 Å². The molecule has 4 heteroatoms. The number of hydrogen-bond acceptors (Lipinski definition) is 3. The molecule has 1 N–H and O–H groups in total. The Balaban J connectivity index is 2.23. The zero-order chi connectivity index (χ0) is 13.1. The minimum absolute atomic E-state index is 0.0934. The summed E-state index contributed by atoms with van der Waals surface area (Å²) < 4.78 is 0. The monoisotopic (exact) mass is 247 g/mol. The highest BCUT2D eigenvalue weighted by Gasteiger charge is 2.31. The van der Waals surface area contributed by atoms with Crippen molar-refractivity contribution in [2.45, 2.75) is 33.2 Å². The predicted octanol–water partition coefficient (Wildman–Crippen LogP) is 2.38. The van der Waals surface area contributed by atoms with Gasteiger partial charge in [-0.15, -0.1) is 0 Å². The Labute approximate surface area is 108 Å². The fourth-order valence-corrected chi connectivity index (χ4v) is 2.62. The quantitative estimate of drug-likeness (QED) is 0.892. The second-order valence-corrected chi connectivity index (χ2v) is 5.08. The van der Waals surface area contributed by atoms with Gasteiger partial charge in [-0.25, -0.2) is 4.98 Å². The number of carbonyl (C=O) groups excluding carboxylic acids is 1. The van der Waals surface area contributed by atoms with E-state index in [0.29, 0.717) is 23.3 Å². The maximum atomic E-state index is 12.5. The van der Waals surface area contributed by atoms with E-state index in [1.807, 2.05) is 24.0 Å². The van der Waals surface area contributed by atoms with Crippen molar-refractivity contribution in [1.82, 2.24) is 9.88 Å². The van der Waals surface area contributed by atoms with Gasteiger partial charge in [0, 0.05) is 25.3 Å². The van der Waals surface area contributed by atoms with Crippen LogP contribution in [0, 0.1) is 5.92 Å². The van der Waals surface area contributed by atoms with E-state index in [-0.39, 0.29) is 5.91 Å². The van der Waals surface area contributed by atoms with Crippen molar-refractivity contribution >= 4 is 11.7 Å². The Kier molecular flexibility index (Phi) is 3.84. The molecule has 0 aliphatic carbocycles. The Bertz CT molecular complexity index is 433. The number of nitrogens with zero attached hydrogens (tertiary/aromatic N) is 2. The number of anilines is 1. The van der Waals surface area contributed by atoms with Crippen molar-refractivity contribution in [2.75, 3.05) is 18.4 Å². The van der Waals surface area contributed by atoms with Crippen molar-refractivity contribution in [3.8, 4) is 0 Å². The van der Waals surface area contributed by atoms with Crippen LogP contribution >= 0.6 is 0 Å². The summed E-state index contributed by atoms with van der Waals surface area (Å²) in [6, 6.07) is 3.99. The highest BCUT2D eigenvalue weighted by atomic mass is 16.2. The number of hydrogen-bond donors (Lipinski definition) is 1. The Morgan fingerprint density at radius 2 is 2.33 bits per heavy atom. The largest absolute Gasteiger partial charge is 0.370 e. The van der Waals surface area contributed by atoms with Crippen molar-refractivity contribution in [3.63, 3.8) is 0 Å². The van der Waals surface area contributed by atoms with Gasteiger partial charge in [0.05, 0.1) is 5.56 Å². The first-order valence-electron chi connectivity index (χ1n) is 6.63. The number of nitrogens with one attached hydrogen (secondary N) is 1. The molecular weight excluding hydrogens is 226 g/mol. The lowest BCUT2D eigenvalue weighted by Crippen LogP contribution is -2.34. The molecule has 0 saturated carbocycles. The van der Waals surface area contributed by atoms with E-state index in [1.165, 1.54) is 0 Å². The third kappa shape index (κ3) is 2.47. The molecule has 2 unspecified atom stereocenters. The lowest BCUT2D eigenvalue weighted by molar-refractivity contribution is 0.0744. The molecule has 1 saturated heterocycles. The number of likely N-dealkylation sites (tertiary alicyclic amines) is 1. The summed E-state index contributed by atoms with van der Waals surface area (Å²) in [5.74, 6) is 1.37. The summed E-state index contributed by atoms with van der Waals surface area (Å²) in [6.45, 7) is 7.93. The number of rotatable bonds is 3. The van der Waals surface area contributed by atoms with Gasteiger partial charge in [-0.3, -0.25) is 4.79 Å². The molecule has 2 heterocycles. The lowest BCUT2D eigenvalue weighted by Gasteiger charge is -2.22. The summed E-state index contributed by atoms with van der Waals surface area (Å²) in [5, 5.41) is 3.15. The molecule has 18 heavy (non-hydrogen) atoms. The maximum absolute atomic E-state index is 12.5. The van der Waals surface area contributed by atoms with Crippen molar-refractivity contribution in [3.05, 3.63) is 23.9 Å². The first-order chi connectivity index (χ1) is 8.63. The molecule has 1 fully saturated rings. The maximum Gasteiger partial charge on any atom is 0.257 e. The third-order valence-corrected chi connectivity index (χ3v) is 3.43. The van der Waals surface area contributed by atoms with Crippen LogP contribution in [0.4, 0.5) is 5.82 Å². The minimum atomic E-state index is 0.0934. The van der Waals surface area contributed by atoms with Crippen LogP contribution in [-0.2, 0) is 0 Å². The SMILES string of the molecule is CCNc1ncccc1C(=O)N1CC(C)CC1C. The van der Waals surface area contributed by atoms with E-state index in [2.05, 4.69) is 24.1 Å². The fourth-order valence-electron chi connectivity index (χ4n) is 2.62. The first-order valence-corrected chi connectivity index (χ1v) is 6.63.